The van der Waals surface area contributed by atoms with Gasteiger partial charge < -0.3 is 28.6 Å². The summed E-state index contributed by atoms with van der Waals surface area (Å²) >= 11 is 0. The summed E-state index contributed by atoms with van der Waals surface area (Å²) in [4.78, 5) is 6.84. The van der Waals surface area contributed by atoms with E-state index in [4.69, 9.17) is 23.7 Å². The molecule has 0 radical (unpaired) electrons. The molecular formula is C32H36N2O5. The van der Waals surface area contributed by atoms with Crippen molar-refractivity contribution in [2.24, 2.45) is 0 Å². The summed E-state index contributed by atoms with van der Waals surface area (Å²) in [5, 5.41) is 0. The summed E-state index contributed by atoms with van der Waals surface area (Å²) in [6, 6.07) is 28.3. The van der Waals surface area contributed by atoms with Gasteiger partial charge in [-0.15, -0.1) is 0 Å². The summed E-state index contributed by atoms with van der Waals surface area (Å²) in [5.74, 6) is 2.50. The molecule has 4 rings (SSSR count). The number of ether oxygens (including phenoxy) is 5. The zero-order valence-corrected chi connectivity index (χ0v) is 22.8. The van der Waals surface area contributed by atoms with Crippen LogP contribution in [0.3, 0.4) is 0 Å². The van der Waals surface area contributed by atoms with Crippen molar-refractivity contribution in [3.8, 4) is 17.2 Å². The molecule has 7 heteroatoms. The quantitative estimate of drug-likeness (QED) is 0.174. The van der Waals surface area contributed by atoms with Crippen LogP contribution in [0.25, 0.3) is 0 Å². The zero-order chi connectivity index (χ0) is 27.3. The van der Waals surface area contributed by atoms with E-state index in [1.807, 2.05) is 60.8 Å². The Kier molecular flexibility index (Phi) is 10.6. The second-order valence-corrected chi connectivity index (χ2v) is 9.02. The van der Waals surface area contributed by atoms with Gasteiger partial charge in [-0.3, -0.25) is 4.98 Å². The molecule has 0 atom stereocenters. The molecule has 0 aliphatic rings. The Hall–Kier alpha value is -4.07. The normalized spacial score (nSPS) is 10.7. The number of hydrogen-bond donors (Lipinski definition) is 0. The van der Waals surface area contributed by atoms with Crippen LogP contribution in [0.2, 0.25) is 0 Å². The maximum atomic E-state index is 5.87. The molecule has 0 bridgehead atoms. The van der Waals surface area contributed by atoms with Crippen LogP contribution in [-0.4, -0.2) is 39.5 Å². The fraction of sp³-hybridized carbons (Fsp3) is 0.281. The molecule has 0 aliphatic carbocycles. The molecular weight excluding hydrogens is 492 g/mol. The van der Waals surface area contributed by atoms with Crippen molar-refractivity contribution in [2.75, 3.05) is 39.4 Å². The molecule has 0 aliphatic heterocycles. The van der Waals surface area contributed by atoms with Crippen LogP contribution in [0.15, 0.2) is 91.1 Å². The van der Waals surface area contributed by atoms with Gasteiger partial charge in [0, 0.05) is 25.0 Å². The van der Waals surface area contributed by atoms with Crippen molar-refractivity contribution in [1.29, 1.82) is 0 Å². The van der Waals surface area contributed by atoms with Crippen molar-refractivity contribution in [3.05, 3.63) is 114 Å². The fourth-order valence-corrected chi connectivity index (χ4v) is 4.21. The highest BCUT2D eigenvalue weighted by atomic mass is 16.5. The monoisotopic (exact) mass is 528 g/mol. The SMILES string of the molecule is COc1cccc(COCCOCc2cc(N(Cc3cccc(OC)c3)Cc3cccc(OC)c3)ccn2)c1. The predicted octanol–water partition coefficient (Wildman–Crippen LogP) is 6.05. The third kappa shape index (κ3) is 8.74. The van der Waals surface area contributed by atoms with Crippen molar-refractivity contribution in [1.82, 2.24) is 4.98 Å². The zero-order valence-electron chi connectivity index (χ0n) is 22.8. The van der Waals surface area contributed by atoms with E-state index in [0.717, 1.165) is 45.3 Å². The highest BCUT2D eigenvalue weighted by molar-refractivity contribution is 5.49. The second-order valence-electron chi connectivity index (χ2n) is 9.02. The second kappa shape index (κ2) is 14.8. The van der Waals surface area contributed by atoms with Gasteiger partial charge in [0.1, 0.15) is 17.2 Å². The molecule has 204 valence electrons. The number of methoxy groups -OCH3 is 3. The molecule has 1 aromatic heterocycles. The van der Waals surface area contributed by atoms with E-state index in [1.54, 1.807) is 21.3 Å². The van der Waals surface area contributed by atoms with E-state index in [0.29, 0.717) is 39.5 Å². The van der Waals surface area contributed by atoms with Crippen molar-refractivity contribution >= 4 is 5.69 Å². The first kappa shape index (κ1) is 28.0. The maximum Gasteiger partial charge on any atom is 0.119 e. The Labute approximate surface area is 230 Å². The molecule has 0 unspecified atom stereocenters. The van der Waals surface area contributed by atoms with Gasteiger partial charge in [-0.25, -0.2) is 0 Å². The van der Waals surface area contributed by atoms with Crippen LogP contribution in [-0.2, 0) is 35.8 Å². The lowest BCUT2D eigenvalue weighted by Crippen LogP contribution is -2.22. The third-order valence-electron chi connectivity index (χ3n) is 6.21. The summed E-state index contributed by atoms with van der Waals surface area (Å²) in [7, 11) is 5.03. The molecule has 1 heterocycles. The van der Waals surface area contributed by atoms with Gasteiger partial charge >= 0.3 is 0 Å². The fourth-order valence-electron chi connectivity index (χ4n) is 4.21. The predicted molar refractivity (Wildman–Crippen MR) is 152 cm³/mol. The summed E-state index contributed by atoms with van der Waals surface area (Å²) in [6.45, 7) is 3.30. The van der Waals surface area contributed by atoms with E-state index < -0.39 is 0 Å². The largest absolute Gasteiger partial charge is 0.497 e. The van der Waals surface area contributed by atoms with Crippen LogP contribution in [0, 0.1) is 0 Å². The van der Waals surface area contributed by atoms with E-state index in [1.165, 1.54) is 0 Å². The van der Waals surface area contributed by atoms with E-state index in [2.05, 4.69) is 40.2 Å². The van der Waals surface area contributed by atoms with E-state index in [9.17, 15) is 0 Å². The van der Waals surface area contributed by atoms with Gasteiger partial charge in [0.2, 0.25) is 0 Å². The van der Waals surface area contributed by atoms with Gasteiger partial charge in [-0.1, -0.05) is 36.4 Å². The molecule has 0 amide bonds. The van der Waals surface area contributed by atoms with Gasteiger partial charge in [0.05, 0.1) is 53.5 Å². The summed E-state index contributed by atoms with van der Waals surface area (Å²) < 4.78 is 27.8. The lowest BCUT2D eigenvalue weighted by atomic mass is 10.1. The standard InChI is InChI=1S/C32H36N2O5/c1-35-30-10-4-7-25(17-30)21-34(22-26-8-5-11-31(18-26)36-2)29-13-14-33-28(20-29)24-39-16-15-38-23-27-9-6-12-32(19-27)37-3/h4-14,17-20H,15-16,21-24H2,1-3H3. The Balaban J connectivity index is 1.37. The number of nitrogens with zero attached hydrogens (tertiary/aromatic N) is 2. The number of pyridine rings is 1. The Morgan fingerprint density at radius 1 is 0.590 bits per heavy atom. The summed E-state index contributed by atoms with van der Waals surface area (Å²) in [5.41, 5.74) is 5.29. The van der Waals surface area contributed by atoms with E-state index in [-0.39, 0.29) is 0 Å². The van der Waals surface area contributed by atoms with Crippen LogP contribution in [0.5, 0.6) is 17.2 Å². The van der Waals surface area contributed by atoms with Gasteiger partial charge in [-0.05, 0) is 65.2 Å². The molecule has 3 aromatic carbocycles. The lowest BCUT2D eigenvalue weighted by molar-refractivity contribution is 0.0328. The molecule has 7 nitrogen and oxygen atoms in total. The van der Waals surface area contributed by atoms with Gasteiger partial charge in [0.15, 0.2) is 0 Å². The number of aromatic nitrogens is 1. The average Bonchev–Trinajstić information content (AvgIpc) is 2.99. The molecule has 0 spiro atoms. The Bertz CT molecular complexity index is 1260. The van der Waals surface area contributed by atoms with Crippen LogP contribution in [0.4, 0.5) is 5.69 Å². The third-order valence-corrected chi connectivity index (χ3v) is 6.21. The van der Waals surface area contributed by atoms with Gasteiger partial charge in [-0.2, -0.15) is 0 Å². The van der Waals surface area contributed by atoms with Crippen molar-refractivity contribution < 1.29 is 23.7 Å². The van der Waals surface area contributed by atoms with Crippen molar-refractivity contribution in [3.63, 3.8) is 0 Å². The maximum absolute atomic E-state index is 5.87. The van der Waals surface area contributed by atoms with Gasteiger partial charge in [0.25, 0.3) is 0 Å². The number of hydrogen-bond acceptors (Lipinski definition) is 7. The molecule has 0 saturated carbocycles. The summed E-state index contributed by atoms with van der Waals surface area (Å²) in [6.07, 6.45) is 1.83. The number of rotatable bonds is 15. The van der Waals surface area contributed by atoms with Crippen molar-refractivity contribution in [2.45, 2.75) is 26.3 Å². The number of benzene rings is 3. The average molecular weight is 529 g/mol. The minimum absolute atomic E-state index is 0.405. The minimum atomic E-state index is 0.405. The first-order chi connectivity index (χ1) is 19.2. The van der Waals surface area contributed by atoms with Crippen LogP contribution < -0.4 is 19.1 Å². The molecule has 39 heavy (non-hydrogen) atoms. The highest BCUT2D eigenvalue weighted by Crippen LogP contribution is 2.24. The van der Waals surface area contributed by atoms with Crippen LogP contribution >= 0.6 is 0 Å². The lowest BCUT2D eigenvalue weighted by Gasteiger charge is -2.26. The first-order valence-corrected chi connectivity index (χ1v) is 12.9. The molecule has 0 N–H and O–H groups in total. The minimum Gasteiger partial charge on any atom is -0.497 e. The Morgan fingerprint density at radius 3 is 1.67 bits per heavy atom. The molecule has 4 aromatic rings. The molecule has 0 saturated heterocycles. The first-order valence-electron chi connectivity index (χ1n) is 12.9. The topological polar surface area (TPSA) is 62.3 Å². The number of anilines is 1. The smallest absolute Gasteiger partial charge is 0.119 e. The Morgan fingerprint density at radius 2 is 1.10 bits per heavy atom. The molecule has 0 fully saturated rings. The highest BCUT2D eigenvalue weighted by Gasteiger charge is 2.12. The van der Waals surface area contributed by atoms with E-state index >= 15 is 0 Å². The van der Waals surface area contributed by atoms with Crippen LogP contribution in [0.1, 0.15) is 22.4 Å².